The molecule has 0 spiro atoms. The van der Waals surface area contributed by atoms with Crippen LogP contribution in [0.1, 0.15) is 0 Å². The summed E-state index contributed by atoms with van der Waals surface area (Å²) in [5, 5.41) is 17.6. The van der Waals surface area contributed by atoms with Crippen molar-refractivity contribution in [3.63, 3.8) is 0 Å². The zero-order valence-corrected chi connectivity index (χ0v) is 11.1. The Labute approximate surface area is 118 Å². The van der Waals surface area contributed by atoms with Gasteiger partial charge in [0.2, 0.25) is 0 Å². The second-order valence-corrected chi connectivity index (χ2v) is 3.43. The van der Waals surface area contributed by atoms with E-state index >= 15 is 0 Å². The predicted molar refractivity (Wildman–Crippen MR) is 79.0 cm³/mol. The molecule has 0 radical (unpaired) electrons. The molecule has 0 fully saturated rings. The summed E-state index contributed by atoms with van der Waals surface area (Å²) in [4.78, 5) is 8.00. The van der Waals surface area contributed by atoms with Crippen LogP contribution >= 0.6 is 0 Å². The van der Waals surface area contributed by atoms with Crippen molar-refractivity contribution in [1.29, 1.82) is 0 Å². The molecule has 2 N–H and O–H groups in total. The molecule has 0 saturated heterocycles. The molecule has 4 nitrogen and oxygen atoms in total. The minimum absolute atomic E-state index is 0.214. The van der Waals surface area contributed by atoms with Gasteiger partial charge in [-0.05, 0) is 24.3 Å². The Hall–Kier alpha value is -2.75. The summed E-state index contributed by atoms with van der Waals surface area (Å²) in [6, 6.07) is 15.4. The number of phenols is 2. The van der Waals surface area contributed by atoms with Gasteiger partial charge in [-0.15, -0.1) is 0 Å². The fraction of sp³-hybridized carbons (Fsp3) is 0.0625. The van der Waals surface area contributed by atoms with E-state index in [2.05, 4.69) is 6.58 Å². The van der Waals surface area contributed by atoms with Crippen LogP contribution in [0.25, 0.3) is 0 Å². The Balaban J connectivity index is 0.000000345. The Bertz CT molecular complexity index is 483. The van der Waals surface area contributed by atoms with Crippen molar-refractivity contribution >= 4 is 6.79 Å². The molecule has 4 heteroatoms. The molecule has 106 valence electrons. The van der Waals surface area contributed by atoms with Gasteiger partial charge in [-0.3, -0.25) is 0 Å². The van der Waals surface area contributed by atoms with Crippen molar-refractivity contribution in [3.05, 3.63) is 67.3 Å². The van der Waals surface area contributed by atoms with E-state index in [1.54, 1.807) is 54.6 Å². The van der Waals surface area contributed by atoms with Crippen LogP contribution in [0.4, 0.5) is 0 Å². The van der Waals surface area contributed by atoms with E-state index in [0.29, 0.717) is 18.1 Å². The van der Waals surface area contributed by atoms with E-state index < -0.39 is 0 Å². The first-order chi connectivity index (χ1) is 9.72. The van der Waals surface area contributed by atoms with Gasteiger partial charge >= 0.3 is 0 Å². The zero-order chi connectivity index (χ0) is 15.2. The summed E-state index contributed by atoms with van der Waals surface area (Å²) >= 11 is 0. The summed E-state index contributed by atoms with van der Waals surface area (Å²) < 4.78 is 5.16. The summed E-state index contributed by atoms with van der Waals surface area (Å²) in [6.07, 6.45) is 1.66. The first-order valence-electron chi connectivity index (χ1n) is 5.78. The standard InChI is InChI=1S/C9H10O2.C6H6O.CH2O/c1-2-6-11-9-5-3-4-8(10)7-9;7-6-4-2-1-3-5-6;1-2/h2-5,7,10H,1,6H2;1-5,7H;1H2. The smallest absolute Gasteiger partial charge is 0.123 e. The number of benzene rings is 2. The van der Waals surface area contributed by atoms with Gasteiger partial charge in [0.05, 0.1) is 0 Å². The molecule has 0 atom stereocenters. The first-order valence-corrected chi connectivity index (χ1v) is 5.78. The Morgan fingerprint density at radius 1 is 0.950 bits per heavy atom. The van der Waals surface area contributed by atoms with Crippen LogP contribution in [-0.4, -0.2) is 23.6 Å². The molecule has 0 aliphatic rings. The number of para-hydroxylation sites is 1. The molecular formula is C16H18O4. The molecule has 0 aliphatic carbocycles. The van der Waals surface area contributed by atoms with E-state index in [9.17, 15) is 0 Å². The van der Waals surface area contributed by atoms with Gasteiger partial charge < -0.3 is 19.7 Å². The highest BCUT2D eigenvalue weighted by Crippen LogP contribution is 2.17. The maximum absolute atomic E-state index is 9.01. The second kappa shape index (κ2) is 11.3. The number of hydrogen-bond donors (Lipinski definition) is 2. The minimum atomic E-state index is 0.214. The summed E-state index contributed by atoms with van der Waals surface area (Å²) in [5.41, 5.74) is 0. The third-order valence-electron chi connectivity index (χ3n) is 1.94. The van der Waals surface area contributed by atoms with Gasteiger partial charge in [0.1, 0.15) is 30.6 Å². The van der Waals surface area contributed by atoms with E-state index in [0.717, 1.165) is 0 Å². The molecule has 0 aliphatic heterocycles. The van der Waals surface area contributed by atoms with Crippen molar-refractivity contribution in [2.75, 3.05) is 6.61 Å². The Morgan fingerprint density at radius 2 is 1.55 bits per heavy atom. The number of carbonyl (C=O) groups excluding carboxylic acids is 1. The molecule has 0 heterocycles. The number of ether oxygens (including phenoxy) is 1. The molecule has 20 heavy (non-hydrogen) atoms. The normalized spacial score (nSPS) is 8.20. The molecular weight excluding hydrogens is 256 g/mol. The largest absolute Gasteiger partial charge is 0.508 e. The van der Waals surface area contributed by atoms with Gasteiger partial charge in [0.15, 0.2) is 0 Å². The number of hydrogen-bond acceptors (Lipinski definition) is 4. The highest BCUT2D eigenvalue weighted by atomic mass is 16.5. The van der Waals surface area contributed by atoms with Gasteiger partial charge in [0, 0.05) is 6.07 Å². The maximum Gasteiger partial charge on any atom is 0.123 e. The number of rotatable bonds is 3. The van der Waals surface area contributed by atoms with E-state index in [1.807, 2.05) is 12.9 Å². The minimum Gasteiger partial charge on any atom is -0.508 e. The average molecular weight is 274 g/mol. The number of phenolic OH excluding ortho intramolecular Hbond substituents is 2. The highest BCUT2D eigenvalue weighted by molar-refractivity contribution is 5.31. The van der Waals surface area contributed by atoms with Crippen LogP contribution in [0.2, 0.25) is 0 Å². The summed E-state index contributed by atoms with van der Waals surface area (Å²) in [5.74, 6) is 1.19. The lowest BCUT2D eigenvalue weighted by molar-refractivity contribution is -0.0979. The average Bonchev–Trinajstić information content (AvgIpc) is 2.49. The van der Waals surface area contributed by atoms with Gasteiger partial charge in [-0.25, -0.2) is 0 Å². The van der Waals surface area contributed by atoms with Gasteiger partial charge in [0.25, 0.3) is 0 Å². The lowest BCUT2D eigenvalue weighted by Crippen LogP contribution is -1.91. The molecule has 2 aromatic carbocycles. The highest BCUT2D eigenvalue weighted by Gasteiger charge is 1.91. The SMILES string of the molecule is C=CCOc1cccc(O)c1.C=O.Oc1ccccc1. The van der Waals surface area contributed by atoms with E-state index in [4.69, 9.17) is 19.7 Å². The van der Waals surface area contributed by atoms with Crippen molar-refractivity contribution in [2.45, 2.75) is 0 Å². The summed E-state index contributed by atoms with van der Waals surface area (Å²) in [7, 11) is 0. The van der Waals surface area contributed by atoms with Crippen LogP contribution < -0.4 is 4.74 Å². The van der Waals surface area contributed by atoms with Crippen LogP contribution in [-0.2, 0) is 4.79 Å². The molecule has 0 aromatic heterocycles. The van der Waals surface area contributed by atoms with Crippen molar-refractivity contribution in [3.8, 4) is 17.2 Å². The number of carbonyl (C=O) groups is 1. The van der Waals surface area contributed by atoms with E-state index in [1.165, 1.54) is 0 Å². The third kappa shape index (κ3) is 8.36. The predicted octanol–water partition coefficient (Wildman–Crippen LogP) is 3.16. The van der Waals surface area contributed by atoms with Crippen LogP contribution in [0, 0.1) is 0 Å². The molecule has 2 rings (SSSR count). The topological polar surface area (TPSA) is 66.8 Å². The third-order valence-corrected chi connectivity index (χ3v) is 1.94. The Kier molecular flexibility index (Phi) is 9.79. The van der Waals surface area contributed by atoms with Crippen LogP contribution in [0.3, 0.4) is 0 Å². The number of aromatic hydroxyl groups is 2. The van der Waals surface area contributed by atoms with Crippen molar-refractivity contribution in [1.82, 2.24) is 0 Å². The van der Waals surface area contributed by atoms with Crippen LogP contribution in [0.5, 0.6) is 17.2 Å². The quantitative estimate of drug-likeness (QED) is 0.844. The summed E-state index contributed by atoms with van der Waals surface area (Å²) in [6.45, 7) is 5.97. The zero-order valence-electron chi connectivity index (χ0n) is 11.1. The maximum atomic E-state index is 9.01. The van der Waals surface area contributed by atoms with Crippen molar-refractivity contribution in [2.24, 2.45) is 0 Å². The van der Waals surface area contributed by atoms with Crippen LogP contribution in [0.15, 0.2) is 67.3 Å². The second-order valence-electron chi connectivity index (χ2n) is 3.43. The molecule has 2 aromatic rings. The molecule has 0 unspecified atom stereocenters. The van der Waals surface area contributed by atoms with Gasteiger partial charge in [-0.1, -0.05) is 36.9 Å². The molecule has 0 amide bonds. The lowest BCUT2D eigenvalue weighted by atomic mass is 10.3. The van der Waals surface area contributed by atoms with Crippen molar-refractivity contribution < 1.29 is 19.7 Å². The first kappa shape index (κ1) is 17.2. The molecule has 0 saturated carbocycles. The monoisotopic (exact) mass is 274 g/mol. The fourth-order valence-corrected chi connectivity index (χ4v) is 1.16. The van der Waals surface area contributed by atoms with Gasteiger partial charge in [-0.2, -0.15) is 0 Å². The molecule has 0 bridgehead atoms. The lowest BCUT2D eigenvalue weighted by Gasteiger charge is -2.01. The van der Waals surface area contributed by atoms with E-state index in [-0.39, 0.29) is 5.75 Å². The fourth-order valence-electron chi connectivity index (χ4n) is 1.16. The Morgan fingerprint density at radius 3 is 2.00 bits per heavy atom.